The first kappa shape index (κ1) is 27.4. The predicted octanol–water partition coefficient (Wildman–Crippen LogP) is 5.37. The average Bonchev–Trinajstić information content (AvgIpc) is 3.41. The standard InChI is InChI=1S/C32H39N3O3S/c1-22-20-33(17-18-35(22)31(37)24-6-10-25(11-7-24)32(2,3)4)29(36)21-34-16-14-28-27(15-19-39-28)30(34)23-8-12-26(38-5)13-9-23/h6-13,15,19,22,30H,14,16-18,20-21H2,1-5H3/t22-,30-/m1/s1. The summed E-state index contributed by atoms with van der Waals surface area (Å²) in [6.45, 7) is 11.4. The van der Waals surface area contributed by atoms with Crippen LogP contribution in [0.1, 0.15) is 65.7 Å². The molecule has 1 aromatic heterocycles. The first-order valence-corrected chi connectivity index (χ1v) is 14.7. The van der Waals surface area contributed by atoms with E-state index in [0.29, 0.717) is 31.7 Å². The summed E-state index contributed by atoms with van der Waals surface area (Å²) in [5, 5.41) is 2.15. The van der Waals surface area contributed by atoms with Gasteiger partial charge in [-0.05, 0) is 71.2 Å². The average molecular weight is 546 g/mol. The first-order chi connectivity index (χ1) is 18.7. The van der Waals surface area contributed by atoms with Crippen molar-refractivity contribution in [2.45, 2.75) is 51.6 Å². The summed E-state index contributed by atoms with van der Waals surface area (Å²) in [7, 11) is 1.68. The lowest BCUT2D eigenvalue weighted by atomic mass is 9.86. The molecule has 2 atom stereocenters. The Morgan fingerprint density at radius 3 is 2.33 bits per heavy atom. The van der Waals surface area contributed by atoms with Crippen LogP contribution in [0.5, 0.6) is 5.75 Å². The van der Waals surface area contributed by atoms with Gasteiger partial charge in [-0.25, -0.2) is 0 Å². The summed E-state index contributed by atoms with van der Waals surface area (Å²) in [5.74, 6) is 0.991. The van der Waals surface area contributed by atoms with E-state index in [9.17, 15) is 9.59 Å². The number of ether oxygens (including phenoxy) is 1. The lowest BCUT2D eigenvalue weighted by molar-refractivity contribution is -0.135. The van der Waals surface area contributed by atoms with E-state index in [2.05, 4.69) is 61.4 Å². The van der Waals surface area contributed by atoms with E-state index >= 15 is 0 Å². The molecule has 206 valence electrons. The van der Waals surface area contributed by atoms with Gasteiger partial charge in [0.15, 0.2) is 0 Å². The van der Waals surface area contributed by atoms with E-state index in [1.807, 2.05) is 41.0 Å². The maximum atomic E-state index is 13.6. The van der Waals surface area contributed by atoms with Gasteiger partial charge in [-0.15, -0.1) is 11.3 Å². The molecule has 3 heterocycles. The Labute approximate surface area is 236 Å². The summed E-state index contributed by atoms with van der Waals surface area (Å²) in [5.41, 5.74) is 4.43. The summed E-state index contributed by atoms with van der Waals surface area (Å²) in [4.78, 5) is 34.4. The minimum absolute atomic E-state index is 0.0376. The molecule has 0 radical (unpaired) electrons. The fourth-order valence-corrected chi connectivity index (χ4v) is 6.66. The number of amides is 2. The summed E-state index contributed by atoms with van der Waals surface area (Å²) in [6, 6.07) is 18.4. The van der Waals surface area contributed by atoms with Gasteiger partial charge < -0.3 is 14.5 Å². The maximum absolute atomic E-state index is 13.6. The fourth-order valence-electron chi connectivity index (χ4n) is 5.75. The zero-order valence-corrected chi connectivity index (χ0v) is 24.5. The monoisotopic (exact) mass is 545 g/mol. The number of hydrogen-bond donors (Lipinski definition) is 0. The quantitative estimate of drug-likeness (QED) is 0.432. The smallest absolute Gasteiger partial charge is 0.254 e. The fraction of sp³-hybridized carbons (Fsp3) is 0.438. The van der Waals surface area contributed by atoms with Gasteiger partial charge in [0.2, 0.25) is 5.91 Å². The highest BCUT2D eigenvalue weighted by Gasteiger charge is 2.34. The molecule has 6 nitrogen and oxygen atoms in total. The first-order valence-electron chi connectivity index (χ1n) is 13.8. The number of thiophene rings is 1. The zero-order chi connectivity index (χ0) is 27.7. The van der Waals surface area contributed by atoms with E-state index in [-0.39, 0.29) is 29.3 Å². The molecule has 0 bridgehead atoms. The van der Waals surface area contributed by atoms with Crippen LogP contribution in [0.4, 0.5) is 0 Å². The molecule has 0 N–H and O–H groups in total. The molecule has 0 aliphatic carbocycles. The second-order valence-electron chi connectivity index (χ2n) is 11.7. The summed E-state index contributed by atoms with van der Waals surface area (Å²) < 4.78 is 5.36. The van der Waals surface area contributed by atoms with Crippen molar-refractivity contribution in [2.75, 3.05) is 39.8 Å². The highest BCUT2D eigenvalue weighted by molar-refractivity contribution is 7.10. The van der Waals surface area contributed by atoms with Crippen LogP contribution in [-0.4, -0.2) is 72.4 Å². The zero-order valence-electron chi connectivity index (χ0n) is 23.6. The van der Waals surface area contributed by atoms with Gasteiger partial charge in [-0.2, -0.15) is 0 Å². The van der Waals surface area contributed by atoms with E-state index in [1.54, 1.807) is 18.4 Å². The van der Waals surface area contributed by atoms with Crippen molar-refractivity contribution < 1.29 is 14.3 Å². The number of hydrogen-bond acceptors (Lipinski definition) is 5. The molecule has 1 saturated heterocycles. The SMILES string of the molecule is COc1ccc([C@@H]2c3ccsc3CCN2CC(=O)N2CCN(C(=O)c3ccc(C(C)(C)C)cc3)[C@H](C)C2)cc1. The predicted molar refractivity (Wildman–Crippen MR) is 157 cm³/mol. The minimum atomic E-state index is -0.0419. The van der Waals surface area contributed by atoms with Crippen LogP contribution in [0.2, 0.25) is 0 Å². The molecule has 2 amide bonds. The number of fused-ring (bicyclic) bond motifs is 1. The van der Waals surface area contributed by atoms with Gasteiger partial charge in [-0.3, -0.25) is 14.5 Å². The van der Waals surface area contributed by atoms with Crippen LogP contribution in [0.15, 0.2) is 60.0 Å². The number of carbonyl (C=O) groups is 2. The molecule has 2 aromatic carbocycles. The van der Waals surface area contributed by atoms with Crippen molar-refractivity contribution in [3.8, 4) is 5.75 Å². The second kappa shape index (κ2) is 11.1. The Hall–Kier alpha value is -3.16. The molecule has 1 fully saturated rings. The van der Waals surface area contributed by atoms with Crippen molar-refractivity contribution in [3.05, 3.63) is 87.1 Å². The lowest BCUT2D eigenvalue weighted by Gasteiger charge is -2.42. The Balaban J connectivity index is 1.25. The van der Waals surface area contributed by atoms with Gasteiger partial charge in [-0.1, -0.05) is 45.0 Å². The summed E-state index contributed by atoms with van der Waals surface area (Å²) >= 11 is 1.80. The molecular weight excluding hydrogens is 506 g/mol. The highest BCUT2D eigenvalue weighted by atomic mass is 32.1. The highest BCUT2D eigenvalue weighted by Crippen LogP contribution is 2.38. The molecule has 2 aliphatic rings. The van der Waals surface area contributed by atoms with Gasteiger partial charge in [0.05, 0.1) is 19.7 Å². The molecule has 0 saturated carbocycles. The van der Waals surface area contributed by atoms with Crippen LogP contribution < -0.4 is 4.74 Å². The number of benzene rings is 2. The Morgan fingerprint density at radius 1 is 0.974 bits per heavy atom. The molecule has 3 aromatic rings. The molecule has 39 heavy (non-hydrogen) atoms. The van der Waals surface area contributed by atoms with Crippen LogP contribution in [0.3, 0.4) is 0 Å². The number of carbonyl (C=O) groups excluding carboxylic acids is 2. The lowest BCUT2D eigenvalue weighted by Crippen LogP contribution is -2.57. The Morgan fingerprint density at radius 2 is 1.69 bits per heavy atom. The third-order valence-electron chi connectivity index (χ3n) is 8.07. The van der Waals surface area contributed by atoms with Crippen molar-refractivity contribution in [1.82, 2.24) is 14.7 Å². The van der Waals surface area contributed by atoms with Crippen molar-refractivity contribution in [3.63, 3.8) is 0 Å². The van der Waals surface area contributed by atoms with Crippen molar-refractivity contribution in [1.29, 1.82) is 0 Å². The van der Waals surface area contributed by atoms with Gasteiger partial charge in [0, 0.05) is 42.7 Å². The maximum Gasteiger partial charge on any atom is 0.254 e. The normalized spacial score (nSPS) is 20.0. The largest absolute Gasteiger partial charge is 0.497 e. The van der Waals surface area contributed by atoms with Crippen LogP contribution in [-0.2, 0) is 16.6 Å². The van der Waals surface area contributed by atoms with E-state index < -0.39 is 0 Å². The van der Waals surface area contributed by atoms with Crippen molar-refractivity contribution >= 4 is 23.2 Å². The third-order valence-corrected chi connectivity index (χ3v) is 9.07. The minimum Gasteiger partial charge on any atom is -0.497 e. The summed E-state index contributed by atoms with van der Waals surface area (Å²) in [6.07, 6.45) is 0.958. The number of nitrogens with zero attached hydrogens (tertiary/aromatic N) is 3. The van der Waals surface area contributed by atoms with Gasteiger partial charge >= 0.3 is 0 Å². The second-order valence-corrected chi connectivity index (χ2v) is 12.7. The van der Waals surface area contributed by atoms with Crippen molar-refractivity contribution in [2.24, 2.45) is 0 Å². The Bertz CT molecular complexity index is 1310. The van der Waals surface area contributed by atoms with Crippen LogP contribution in [0, 0.1) is 0 Å². The molecule has 5 rings (SSSR count). The molecular formula is C32H39N3O3S. The molecule has 2 aliphatic heterocycles. The molecule has 0 spiro atoms. The van der Waals surface area contributed by atoms with E-state index in [1.165, 1.54) is 21.6 Å². The topological polar surface area (TPSA) is 53.1 Å². The molecule has 0 unspecified atom stereocenters. The van der Waals surface area contributed by atoms with E-state index in [4.69, 9.17) is 4.74 Å². The third kappa shape index (κ3) is 5.75. The Kier molecular flexibility index (Phi) is 7.83. The number of rotatable bonds is 5. The van der Waals surface area contributed by atoms with Gasteiger partial charge in [0.25, 0.3) is 5.91 Å². The van der Waals surface area contributed by atoms with E-state index in [0.717, 1.165) is 18.7 Å². The van der Waals surface area contributed by atoms with Gasteiger partial charge in [0.1, 0.15) is 5.75 Å². The van der Waals surface area contributed by atoms with Crippen LogP contribution in [0.25, 0.3) is 0 Å². The van der Waals surface area contributed by atoms with Crippen LogP contribution >= 0.6 is 11.3 Å². The number of piperazine rings is 1. The molecule has 7 heteroatoms. The number of methoxy groups -OCH3 is 1.